The Morgan fingerprint density at radius 3 is 2.58 bits per heavy atom. The van der Waals surface area contributed by atoms with Gasteiger partial charge >= 0.3 is 0 Å². The van der Waals surface area contributed by atoms with E-state index in [1.165, 1.54) is 10.6 Å². The second-order valence-electron chi connectivity index (χ2n) is 6.52. The van der Waals surface area contributed by atoms with Crippen molar-refractivity contribution in [2.24, 2.45) is 5.92 Å². The fraction of sp³-hybridized carbons (Fsp3) is 0.471. The number of hydrogen-bond acceptors (Lipinski definition) is 5. The van der Waals surface area contributed by atoms with Crippen LogP contribution in [0, 0.1) is 5.92 Å². The minimum absolute atomic E-state index is 0.0112. The summed E-state index contributed by atoms with van der Waals surface area (Å²) in [7, 11) is -3.46. The molecule has 140 valence electrons. The first-order chi connectivity index (χ1) is 12.5. The summed E-state index contributed by atoms with van der Waals surface area (Å²) in [5.74, 6) is -0.285. The molecule has 8 nitrogen and oxygen atoms in total. The zero-order valence-corrected chi connectivity index (χ0v) is 15.5. The lowest BCUT2D eigenvalue weighted by Crippen LogP contribution is -2.47. The lowest BCUT2D eigenvalue weighted by molar-refractivity contribution is -0.125. The van der Waals surface area contributed by atoms with E-state index in [1.807, 2.05) is 6.92 Å². The second kappa shape index (κ2) is 7.96. The summed E-state index contributed by atoms with van der Waals surface area (Å²) in [6.07, 6.45) is 4.23. The molecule has 2 aromatic rings. The highest BCUT2D eigenvalue weighted by atomic mass is 32.2. The third-order valence-electron chi connectivity index (χ3n) is 4.56. The van der Waals surface area contributed by atoms with Gasteiger partial charge in [-0.15, -0.1) is 0 Å². The summed E-state index contributed by atoms with van der Waals surface area (Å²) >= 11 is 0. The molecule has 1 aromatic carbocycles. The smallest absolute Gasteiger partial charge is 0.243 e. The van der Waals surface area contributed by atoms with E-state index < -0.39 is 10.0 Å². The molecule has 0 bridgehead atoms. The molecule has 9 heteroatoms. The van der Waals surface area contributed by atoms with Crippen LogP contribution in [0.2, 0.25) is 0 Å². The second-order valence-corrected chi connectivity index (χ2v) is 8.46. The molecular formula is C17H23N5O3S. The van der Waals surface area contributed by atoms with Crippen LogP contribution in [-0.4, -0.2) is 52.5 Å². The molecule has 1 aliphatic heterocycles. The average molecular weight is 377 g/mol. The van der Waals surface area contributed by atoms with Crippen LogP contribution in [0.15, 0.2) is 47.9 Å². The van der Waals surface area contributed by atoms with Gasteiger partial charge in [0.2, 0.25) is 15.9 Å². The SMILES string of the molecule is CC(Cn1cncn1)C(=O)NC1CCN(S(=O)(=O)c2ccccc2)CC1. The van der Waals surface area contributed by atoms with Gasteiger partial charge in [0.05, 0.1) is 17.4 Å². The van der Waals surface area contributed by atoms with Crippen molar-refractivity contribution in [1.82, 2.24) is 24.4 Å². The maximum Gasteiger partial charge on any atom is 0.243 e. The Kier molecular flexibility index (Phi) is 5.67. The number of carbonyl (C=O) groups excluding carboxylic acids is 1. The molecule has 1 unspecified atom stereocenters. The summed E-state index contributed by atoms with van der Waals surface area (Å²) in [6, 6.07) is 8.43. The highest BCUT2D eigenvalue weighted by Crippen LogP contribution is 2.20. The number of sulfonamides is 1. The Hall–Kier alpha value is -2.26. The molecule has 2 heterocycles. The van der Waals surface area contributed by atoms with E-state index in [-0.39, 0.29) is 17.9 Å². The van der Waals surface area contributed by atoms with E-state index in [1.54, 1.807) is 41.3 Å². The van der Waals surface area contributed by atoms with Crippen molar-refractivity contribution >= 4 is 15.9 Å². The molecular weight excluding hydrogens is 354 g/mol. The first-order valence-corrected chi connectivity index (χ1v) is 10.1. The van der Waals surface area contributed by atoms with Gasteiger partial charge in [-0.1, -0.05) is 25.1 Å². The van der Waals surface area contributed by atoms with E-state index >= 15 is 0 Å². The fourth-order valence-corrected chi connectivity index (χ4v) is 4.51. The van der Waals surface area contributed by atoms with Crippen molar-refractivity contribution < 1.29 is 13.2 Å². The number of hydrogen-bond donors (Lipinski definition) is 1. The van der Waals surface area contributed by atoms with Crippen molar-refractivity contribution in [3.63, 3.8) is 0 Å². The minimum atomic E-state index is -3.46. The number of benzene rings is 1. The Balaban J connectivity index is 1.51. The Labute approximate surface area is 153 Å². The van der Waals surface area contributed by atoms with Crippen LogP contribution in [0.3, 0.4) is 0 Å². The first-order valence-electron chi connectivity index (χ1n) is 8.65. The standard InChI is InChI=1S/C17H23N5O3S/c1-14(11-21-13-18-12-19-21)17(23)20-15-7-9-22(10-8-15)26(24,25)16-5-3-2-4-6-16/h2-6,12-15H,7-11H2,1H3,(H,20,23). The van der Waals surface area contributed by atoms with Gasteiger partial charge in [-0.25, -0.2) is 13.4 Å². The van der Waals surface area contributed by atoms with E-state index in [9.17, 15) is 13.2 Å². The van der Waals surface area contributed by atoms with Gasteiger partial charge in [0.25, 0.3) is 0 Å². The minimum Gasteiger partial charge on any atom is -0.353 e. The summed E-state index contributed by atoms with van der Waals surface area (Å²) < 4.78 is 28.4. The van der Waals surface area contributed by atoms with Crippen LogP contribution in [0.25, 0.3) is 0 Å². The Bertz CT molecular complexity index is 815. The Morgan fingerprint density at radius 1 is 1.27 bits per heavy atom. The molecule has 1 aliphatic rings. The molecule has 1 saturated heterocycles. The van der Waals surface area contributed by atoms with Crippen LogP contribution in [0.1, 0.15) is 19.8 Å². The topological polar surface area (TPSA) is 97.2 Å². The van der Waals surface area contributed by atoms with E-state index in [2.05, 4.69) is 15.4 Å². The fourth-order valence-electron chi connectivity index (χ4n) is 3.02. The third kappa shape index (κ3) is 4.28. The molecule has 1 aromatic heterocycles. The molecule has 0 spiro atoms. The van der Waals surface area contributed by atoms with Crippen LogP contribution >= 0.6 is 0 Å². The van der Waals surface area contributed by atoms with Crippen LogP contribution in [0.5, 0.6) is 0 Å². The number of rotatable bonds is 6. The molecule has 1 atom stereocenters. The van der Waals surface area contributed by atoms with Crippen molar-refractivity contribution in [2.45, 2.75) is 37.2 Å². The molecule has 1 fully saturated rings. The number of nitrogens with one attached hydrogen (secondary N) is 1. The van der Waals surface area contributed by atoms with Crippen molar-refractivity contribution in [3.05, 3.63) is 43.0 Å². The quantitative estimate of drug-likeness (QED) is 0.806. The van der Waals surface area contributed by atoms with Crippen LogP contribution in [-0.2, 0) is 21.4 Å². The molecule has 3 rings (SSSR count). The average Bonchev–Trinajstić information content (AvgIpc) is 3.16. The van der Waals surface area contributed by atoms with Crippen molar-refractivity contribution in [1.29, 1.82) is 0 Å². The lowest BCUT2D eigenvalue weighted by Gasteiger charge is -2.32. The van der Waals surface area contributed by atoms with Crippen molar-refractivity contribution in [2.75, 3.05) is 13.1 Å². The van der Waals surface area contributed by atoms with Gasteiger partial charge in [-0.2, -0.15) is 9.40 Å². The number of aromatic nitrogens is 3. The number of amides is 1. The maximum atomic E-state index is 12.6. The molecule has 0 aliphatic carbocycles. The molecule has 26 heavy (non-hydrogen) atoms. The Morgan fingerprint density at radius 2 is 1.96 bits per heavy atom. The van der Waals surface area contributed by atoms with E-state index in [4.69, 9.17) is 0 Å². The molecule has 0 radical (unpaired) electrons. The highest BCUT2D eigenvalue weighted by Gasteiger charge is 2.30. The largest absolute Gasteiger partial charge is 0.353 e. The van der Waals surface area contributed by atoms with Crippen LogP contribution < -0.4 is 5.32 Å². The van der Waals surface area contributed by atoms with Crippen molar-refractivity contribution in [3.8, 4) is 0 Å². The molecule has 1 amide bonds. The number of piperidine rings is 1. The third-order valence-corrected chi connectivity index (χ3v) is 6.47. The summed E-state index contributed by atoms with van der Waals surface area (Å²) in [6.45, 7) is 3.11. The highest BCUT2D eigenvalue weighted by molar-refractivity contribution is 7.89. The van der Waals surface area contributed by atoms with Gasteiger partial charge < -0.3 is 5.32 Å². The van der Waals surface area contributed by atoms with E-state index in [0.29, 0.717) is 37.4 Å². The normalized spacial score (nSPS) is 17.7. The summed E-state index contributed by atoms with van der Waals surface area (Å²) in [4.78, 5) is 16.5. The molecule has 0 saturated carbocycles. The monoisotopic (exact) mass is 377 g/mol. The lowest BCUT2D eigenvalue weighted by atomic mass is 10.0. The van der Waals surface area contributed by atoms with E-state index in [0.717, 1.165) is 0 Å². The predicted molar refractivity (Wildman–Crippen MR) is 95.6 cm³/mol. The van der Waals surface area contributed by atoms with Gasteiger partial charge in [-0.3, -0.25) is 9.48 Å². The van der Waals surface area contributed by atoms with Gasteiger partial charge in [-0.05, 0) is 25.0 Å². The summed E-state index contributed by atoms with van der Waals surface area (Å²) in [5, 5.41) is 7.02. The van der Waals surface area contributed by atoms with Crippen LogP contribution in [0.4, 0.5) is 0 Å². The predicted octanol–water partition coefficient (Wildman–Crippen LogP) is 0.884. The first kappa shape index (κ1) is 18.5. The maximum absolute atomic E-state index is 12.6. The zero-order chi connectivity index (χ0) is 18.6. The van der Waals surface area contributed by atoms with Gasteiger partial charge in [0.15, 0.2) is 0 Å². The summed E-state index contributed by atoms with van der Waals surface area (Å²) in [5.41, 5.74) is 0. The number of nitrogens with zero attached hydrogens (tertiary/aromatic N) is 4. The zero-order valence-electron chi connectivity index (χ0n) is 14.7. The molecule has 1 N–H and O–H groups in total. The number of carbonyl (C=O) groups is 1. The van der Waals surface area contributed by atoms with Gasteiger partial charge in [0.1, 0.15) is 12.7 Å². The van der Waals surface area contributed by atoms with Gasteiger partial charge in [0, 0.05) is 19.1 Å².